The maximum atomic E-state index is 13.7. The Bertz CT molecular complexity index is 839. The summed E-state index contributed by atoms with van der Waals surface area (Å²) < 4.78 is 84.9. The van der Waals surface area contributed by atoms with Gasteiger partial charge in [0.15, 0.2) is 0 Å². The molecule has 1 aliphatic rings. The van der Waals surface area contributed by atoms with E-state index in [1.807, 2.05) is 0 Å². The first-order valence-corrected chi connectivity index (χ1v) is 8.89. The second kappa shape index (κ2) is 7.42. The van der Waals surface area contributed by atoms with Crippen LogP contribution in [0.15, 0.2) is 24.3 Å². The predicted molar refractivity (Wildman–Crippen MR) is 89.8 cm³/mol. The molecule has 0 amide bonds. The third-order valence-electron chi connectivity index (χ3n) is 5.00. The smallest absolute Gasteiger partial charge is 0.420 e. The highest BCUT2D eigenvalue weighted by Gasteiger charge is 2.42. The van der Waals surface area contributed by atoms with E-state index in [1.165, 1.54) is 25.1 Å². The van der Waals surface area contributed by atoms with Gasteiger partial charge in [-0.25, -0.2) is 0 Å². The summed E-state index contributed by atoms with van der Waals surface area (Å²) in [5, 5.41) is 9.39. The van der Waals surface area contributed by atoms with Crippen LogP contribution in [0.3, 0.4) is 0 Å². The minimum atomic E-state index is -4.73. The van der Waals surface area contributed by atoms with E-state index in [1.54, 1.807) is 0 Å². The van der Waals surface area contributed by atoms with Gasteiger partial charge in [-0.2, -0.15) is 26.3 Å². The predicted octanol–water partition coefficient (Wildman–Crippen LogP) is 5.81. The van der Waals surface area contributed by atoms with E-state index in [2.05, 4.69) is 4.98 Å². The van der Waals surface area contributed by atoms with Crippen LogP contribution in [-0.2, 0) is 6.18 Å². The monoisotopic (exact) mass is 407 g/mol. The zero-order chi connectivity index (χ0) is 20.7. The maximum absolute atomic E-state index is 13.7. The van der Waals surface area contributed by atoms with Crippen LogP contribution in [0.1, 0.15) is 50.0 Å². The number of aliphatic hydroxyl groups is 1. The second-order valence-corrected chi connectivity index (χ2v) is 7.05. The number of nitrogens with zero attached hydrogens (tertiary/aromatic N) is 1. The first-order valence-electron chi connectivity index (χ1n) is 8.89. The molecule has 0 radical (unpaired) electrons. The summed E-state index contributed by atoms with van der Waals surface area (Å²) in [5.74, 6) is -1.85. The van der Waals surface area contributed by atoms with E-state index in [0.29, 0.717) is 0 Å². The van der Waals surface area contributed by atoms with Crippen molar-refractivity contribution in [1.29, 1.82) is 0 Å². The van der Waals surface area contributed by atoms with Crippen molar-refractivity contribution in [3.63, 3.8) is 0 Å². The molecular formula is C19H19F6NO2. The normalized spacial score (nSPS) is 22.3. The summed E-state index contributed by atoms with van der Waals surface area (Å²) in [6, 6.07) is 5.02. The maximum Gasteiger partial charge on any atom is 0.420 e. The van der Waals surface area contributed by atoms with Gasteiger partial charge < -0.3 is 9.84 Å². The van der Waals surface area contributed by atoms with Crippen molar-refractivity contribution in [2.45, 2.75) is 57.2 Å². The number of benzene rings is 1. The first-order chi connectivity index (χ1) is 13.0. The van der Waals surface area contributed by atoms with Crippen molar-refractivity contribution in [3.05, 3.63) is 35.5 Å². The summed E-state index contributed by atoms with van der Waals surface area (Å²) >= 11 is 0. The molecule has 1 aromatic carbocycles. The first kappa shape index (κ1) is 20.7. The van der Waals surface area contributed by atoms with Gasteiger partial charge in [0.2, 0.25) is 0 Å². The number of hydrogen-bond acceptors (Lipinski definition) is 3. The fraction of sp³-hybridized carbons (Fsp3) is 0.526. The van der Waals surface area contributed by atoms with Gasteiger partial charge in [-0.15, -0.1) is 0 Å². The van der Waals surface area contributed by atoms with Crippen molar-refractivity contribution in [1.82, 2.24) is 4.98 Å². The number of fused-ring (bicyclic) bond motifs is 1. The summed E-state index contributed by atoms with van der Waals surface area (Å²) in [6.07, 6.45) is -10.9. The molecule has 9 heteroatoms. The molecule has 1 heterocycles. The molecule has 0 saturated heterocycles. The molecule has 154 valence electrons. The number of ether oxygens (including phenoxy) is 1. The Hall–Kier alpha value is -2.03. The lowest BCUT2D eigenvalue weighted by molar-refractivity contribution is -0.185. The summed E-state index contributed by atoms with van der Waals surface area (Å²) in [5.41, 5.74) is -0.716. The van der Waals surface area contributed by atoms with Gasteiger partial charge in [-0.05, 0) is 50.8 Å². The number of aromatic nitrogens is 1. The van der Waals surface area contributed by atoms with Gasteiger partial charge in [0.1, 0.15) is 11.3 Å². The Morgan fingerprint density at radius 3 is 2.18 bits per heavy atom. The van der Waals surface area contributed by atoms with Gasteiger partial charge in [0.25, 0.3) is 0 Å². The van der Waals surface area contributed by atoms with Crippen molar-refractivity contribution in [3.8, 4) is 5.75 Å². The van der Waals surface area contributed by atoms with E-state index < -0.39 is 41.8 Å². The van der Waals surface area contributed by atoms with Crippen LogP contribution in [0.2, 0.25) is 0 Å². The van der Waals surface area contributed by atoms with Crippen molar-refractivity contribution < 1.29 is 36.2 Å². The number of alkyl halides is 6. The standard InChI is InChI=1S/C19H19F6NO2/c1-10(27)14-7-6-13-15(26-14)8-9-16(17(13)19(23,24)25)28-12-4-2-11(3-5-12)18(20,21)22/h6-12,27H,2-5H2,1H3. The fourth-order valence-electron chi connectivity index (χ4n) is 3.51. The molecule has 1 saturated carbocycles. The average Bonchev–Trinajstić information content (AvgIpc) is 2.59. The molecule has 1 fully saturated rings. The van der Waals surface area contributed by atoms with Crippen LogP contribution < -0.4 is 4.74 Å². The molecule has 1 aliphatic carbocycles. The minimum Gasteiger partial charge on any atom is -0.490 e. The Kier molecular flexibility index (Phi) is 5.49. The number of rotatable bonds is 3. The third-order valence-corrected chi connectivity index (χ3v) is 5.00. The number of halogens is 6. The second-order valence-electron chi connectivity index (χ2n) is 7.05. The third kappa shape index (κ3) is 4.34. The molecule has 3 rings (SSSR count). The van der Waals surface area contributed by atoms with E-state index in [9.17, 15) is 31.4 Å². The lowest BCUT2D eigenvalue weighted by Gasteiger charge is -2.31. The summed E-state index contributed by atoms with van der Waals surface area (Å²) in [7, 11) is 0. The van der Waals surface area contributed by atoms with Gasteiger partial charge in [-0.3, -0.25) is 4.98 Å². The van der Waals surface area contributed by atoms with Gasteiger partial charge in [0, 0.05) is 5.39 Å². The Labute approximate surface area is 157 Å². The molecule has 1 unspecified atom stereocenters. The summed E-state index contributed by atoms with van der Waals surface area (Å²) in [4.78, 5) is 4.04. The quantitative estimate of drug-likeness (QED) is 0.654. The van der Waals surface area contributed by atoms with Crippen molar-refractivity contribution in [2.75, 3.05) is 0 Å². The average molecular weight is 407 g/mol. The van der Waals surface area contributed by atoms with E-state index >= 15 is 0 Å². The fourth-order valence-corrected chi connectivity index (χ4v) is 3.51. The van der Waals surface area contributed by atoms with Gasteiger partial charge in [-0.1, -0.05) is 6.07 Å². The van der Waals surface area contributed by atoms with Gasteiger partial charge >= 0.3 is 12.4 Å². The lowest BCUT2D eigenvalue weighted by Crippen LogP contribution is -2.32. The Morgan fingerprint density at radius 2 is 1.64 bits per heavy atom. The van der Waals surface area contributed by atoms with Crippen molar-refractivity contribution in [2.24, 2.45) is 5.92 Å². The zero-order valence-corrected chi connectivity index (χ0v) is 14.9. The van der Waals surface area contributed by atoms with Crippen LogP contribution in [0.25, 0.3) is 10.9 Å². The SMILES string of the molecule is CC(O)c1ccc2c(C(F)(F)F)c(OC3CCC(C(F)(F)F)CC3)ccc2n1. The molecule has 3 nitrogen and oxygen atoms in total. The van der Waals surface area contributed by atoms with E-state index in [4.69, 9.17) is 4.74 Å². The van der Waals surface area contributed by atoms with Crippen LogP contribution in [0, 0.1) is 5.92 Å². The highest BCUT2D eigenvalue weighted by Crippen LogP contribution is 2.43. The topological polar surface area (TPSA) is 42.4 Å². The van der Waals surface area contributed by atoms with Crippen LogP contribution in [0.5, 0.6) is 5.75 Å². The molecule has 0 spiro atoms. The molecule has 0 bridgehead atoms. The molecule has 2 aromatic rings. The number of aliphatic hydroxyl groups excluding tert-OH is 1. The number of hydrogen-bond donors (Lipinski definition) is 1. The lowest BCUT2D eigenvalue weighted by atomic mass is 9.87. The van der Waals surface area contributed by atoms with Crippen LogP contribution >= 0.6 is 0 Å². The molecule has 28 heavy (non-hydrogen) atoms. The molecule has 1 aromatic heterocycles. The largest absolute Gasteiger partial charge is 0.490 e. The number of pyridine rings is 1. The molecule has 1 N–H and O–H groups in total. The Balaban J connectivity index is 1.90. The molecule has 1 atom stereocenters. The Morgan fingerprint density at radius 1 is 1.00 bits per heavy atom. The zero-order valence-electron chi connectivity index (χ0n) is 14.9. The highest BCUT2D eigenvalue weighted by molar-refractivity contribution is 5.85. The van der Waals surface area contributed by atoms with Gasteiger partial charge in [0.05, 0.1) is 29.3 Å². The van der Waals surface area contributed by atoms with Crippen molar-refractivity contribution >= 4 is 10.9 Å². The van der Waals surface area contributed by atoms with E-state index in [-0.39, 0.29) is 42.3 Å². The van der Waals surface area contributed by atoms with Crippen LogP contribution in [0.4, 0.5) is 26.3 Å². The highest BCUT2D eigenvalue weighted by atomic mass is 19.4. The molecule has 0 aliphatic heterocycles. The minimum absolute atomic E-state index is 0.0404. The summed E-state index contributed by atoms with van der Waals surface area (Å²) in [6.45, 7) is 1.45. The van der Waals surface area contributed by atoms with Crippen LogP contribution in [-0.4, -0.2) is 22.4 Å². The molecular weight excluding hydrogens is 388 g/mol. The van der Waals surface area contributed by atoms with E-state index in [0.717, 1.165) is 6.07 Å².